The quantitative estimate of drug-likeness (QED) is 0.721. The van der Waals surface area contributed by atoms with Crippen LogP contribution in [0.4, 0.5) is 0 Å². The molecule has 0 aromatic heterocycles. The largest absolute Gasteiger partial charge is 0.327 e. The van der Waals surface area contributed by atoms with E-state index in [-0.39, 0.29) is 0 Å². The molecule has 0 bridgehead atoms. The van der Waals surface area contributed by atoms with Gasteiger partial charge in [-0.05, 0) is 37.1 Å². The van der Waals surface area contributed by atoms with Crippen LogP contribution in [0.15, 0.2) is 12.1 Å². The van der Waals surface area contributed by atoms with Gasteiger partial charge in [0.05, 0.1) is 42.3 Å². The first-order valence-electron chi connectivity index (χ1n) is 6.68. The van der Waals surface area contributed by atoms with Crippen molar-refractivity contribution in [3.63, 3.8) is 0 Å². The summed E-state index contributed by atoms with van der Waals surface area (Å²) in [6.45, 7) is 6.67. The van der Waals surface area contributed by atoms with E-state index in [1.165, 1.54) is 22.3 Å². The molecule has 0 spiro atoms. The third kappa shape index (κ3) is 4.79. The Balaban J connectivity index is 3.05. The number of quaternary nitrogens is 2. The minimum atomic E-state index is 0.981. The average molecular weight is 250 g/mol. The van der Waals surface area contributed by atoms with Crippen molar-refractivity contribution < 1.29 is 8.97 Å². The number of hydrogen-bond acceptors (Lipinski definition) is 0. The van der Waals surface area contributed by atoms with Gasteiger partial charge in [-0.25, -0.2) is 0 Å². The Morgan fingerprint density at radius 1 is 0.667 bits per heavy atom. The van der Waals surface area contributed by atoms with Crippen LogP contribution in [0.5, 0.6) is 0 Å². The second kappa shape index (κ2) is 5.02. The zero-order valence-corrected chi connectivity index (χ0v) is 13.5. The maximum atomic E-state index is 2.38. The Morgan fingerprint density at radius 3 is 1.17 bits per heavy atom. The molecule has 0 atom stereocenters. The fourth-order valence-corrected chi connectivity index (χ4v) is 2.30. The minimum Gasteiger partial charge on any atom is -0.327 e. The number of nitrogens with zero attached hydrogens (tertiary/aromatic N) is 2. The maximum Gasteiger partial charge on any atom is 0.104 e. The van der Waals surface area contributed by atoms with Gasteiger partial charge in [0.1, 0.15) is 13.1 Å². The van der Waals surface area contributed by atoms with E-state index in [4.69, 9.17) is 0 Å². The van der Waals surface area contributed by atoms with E-state index >= 15 is 0 Å². The van der Waals surface area contributed by atoms with Gasteiger partial charge < -0.3 is 8.97 Å². The molecule has 1 aromatic carbocycles. The normalized spacial score (nSPS) is 12.9. The Labute approximate surface area is 113 Å². The van der Waals surface area contributed by atoms with Crippen molar-refractivity contribution in [2.75, 3.05) is 42.3 Å². The van der Waals surface area contributed by atoms with Gasteiger partial charge in [-0.2, -0.15) is 0 Å². The van der Waals surface area contributed by atoms with E-state index in [0.717, 1.165) is 22.1 Å². The lowest BCUT2D eigenvalue weighted by Crippen LogP contribution is -2.34. The second-order valence-electron chi connectivity index (χ2n) is 7.60. The summed E-state index contributed by atoms with van der Waals surface area (Å²) in [5, 5.41) is 0. The Kier molecular flexibility index (Phi) is 4.24. The molecule has 2 nitrogen and oxygen atoms in total. The van der Waals surface area contributed by atoms with Crippen LogP contribution in [0, 0.1) is 13.8 Å². The smallest absolute Gasteiger partial charge is 0.104 e. The minimum absolute atomic E-state index is 0.981. The summed E-state index contributed by atoms with van der Waals surface area (Å²) in [7, 11) is 13.5. The predicted molar refractivity (Wildman–Crippen MR) is 79.4 cm³/mol. The Hall–Kier alpha value is -0.860. The molecule has 102 valence electrons. The highest BCUT2D eigenvalue weighted by atomic mass is 15.3. The van der Waals surface area contributed by atoms with E-state index < -0.39 is 0 Å². The Bertz CT molecular complexity index is 378. The van der Waals surface area contributed by atoms with E-state index in [1.54, 1.807) is 0 Å². The zero-order chi connectivity index (χ0) is 14.1. The molecular formula is C16H30N2+2. The Morgan fingerprint density at radius 2 is 0.944 bits per heavy atom. The molecule has 0 unspecified atom stereocenters. The van der Waals surface area contributed by atoms with Crippen LogP contribution in [0.25, 0.3) is 0 Å². The van der Waals surface area contributed by atoms with E-state index in [1.807, 2.05) is 0 Å². The lowest BCUT2D eigenvalue weighted by atomic mass is 9.98. The third-order valence-corrected chi connectivity index (χ3v) is 3.08. The highest BCUT2D eigenvalue weighted by Gasteiger charge is 2.15. The molecule has 1 aromatic rings. The molecule has 0 saturated heterocycles. The van der Waals surface area contributed by atoms with E-state index in [0.29, 0.717) is 0 Å². The summed E-state index contributed by atoms with van der Waals surface area (Å²) in [5.74, 6) is 0. The molecule has 2 heteroatoms. The molecular weight excluding hydrogens is 220 g/mol. The summed E-state index contributed by atoms with van der Waals surface area (Å²) in [5.41, 5.74) is 5.81. The first-order valence-corrected chi connectivity index (χ1v) is 6.68. The van der Waals surface area contributed by atoms with Gasteiger partial charge in [0.2, 0.25) is 0 Å². The number of rotatable bonds is 4. The monoisotopic (exact) mass is 250 g/mol. The molecule has 0 heterocycles. The highest BCUT2D eigenvalue weighted by Crippen LogP contribution is 2.20. The van der Waals surface area contributed by atoms with Gasteiger partial charge >= 0.3 is 0 Å². The van der Waals surface area contributed by atoms with Crippen molar-refractivity contribution in [3.8, 4) is 0 Å². The van der Waals surface area contributed by atoms with Crippen molar-refractivity contribution in [1.82, 2.24) is 0 Å². The third-order valence-electron chi connectivity index (χ3n) is 3.08. The van der Waals surface area contributed by atoms with Crippen LogP contribution in [0.3, 0.4) is 0 Å². The van der Waals surface area contributed by atoms with Crippen LogP contribution in [0.2, 0.25) is 0 Å². The second-order valence-corrected chi connectivity index (χ2v) is 7.60. The van der Waals surface area contributed by atoms with Crippen molar-refractivity contribution in [2.45, 2.75) is 26.9 Å². The molecule has 0 amide bonds. The van der Waals surface area contributed by atoms with Gasteiger partial charge in [-0.15, -0.1) is 0 Å². The molecule has 0 aliphatic carbocycles. The summed E-state index contributed by atoms with van der Waals surface area (Å²) >= 11 is 0. The molecule has 0 aliphatic heterocycles. The standard InChI is InChI=1S/C16H30N2/c1-13-9-16(12-18(6,7)8)14(2)10-15(13)11-17(3,4)5/h9-10H,11-12H2,1-8H3/q+2. The van der Waals surface area contributed by atoms with Crippen molar-refractivity contribution in [3.05, 3.63) is 34.4 Å². The topological polar surface area (TPSA) is 0 Å². The van der Waals surface area contributed by atoms with Crippen LogP contribution in [0.1, 0.15) is 22.3 Å². The fraction of sp³-hybridized carbons (Fsp3) is 0.625. The number of hydrogen-bond donors (Lipinski definition) is 0. The average Bonchev–Trinajstić information content (AvgIpc) is 2.08. The predicted octanol–water partition coefficient (Wildman–Crippen LogP) is 2.72. The van der Waals surface area contributed by atoms with E-state index in [9.17, 15) is 0 Å². The van der Waals surface area contributed by atoms with Gasteiger partial charge in [-0.1, -0.05) is 0 Å². The number of benzene rings is 1. The van der Waals surface area contributed by atoms with Crippen LogP contribution in [-0.2, 0) is 13.1 Å². The van der Waals surface area contributed by atoms with Crippen molar-refractivity contribution in [1.29, 1.82) is 0 Å². The van der Waals surface area contributed by atoms with Gasteiger partial charge in [0, 0.05) is 11.1 Å². The molecule has 0 aliphatic rings. The summed E-state index contributed by atoms with van der Waals surface area (Å²) < 4.78 is 1.96. The zero-order valence-electron chi connectivity index (χ0n) is 13.5. The van der Waals surface area contributed by atoms with Crippen LogP contribution < -0.4 is 0 Å². The maximum absolute atomic E-state index is 2.38. The van der Waals surface area contributed by atoms with Gasteiger partial charge in [0.25, 0.3) is 0 Å². The number of aryl methyl sites for hydroxylation is 2. The summed E-state index contributed by atoms with van der Waals surface area (Å²) in [6.07, 6.45) is 0. The molecule has 0 N–H and O–H groups in total. The molecule has 0 fully saturated rings. The molecule has 1 rings (SSSR count). The van der Waals surface area contributed by atoms with Crippen LogP contribution in [-0.4, -0.2) is 51.3 Å². The summed E-state index contributed by atoms with van der Waals surface area (Å²) in [6, 6.07) is 4.76. The fourth-order valence-electron chi connectivity index (χ4n) is 2.30. The molecule has 18 heavy (non-hydrogen) atoms. The summed E-state index contributed by atoms with van der Waals surface area (Å²) in [4.78, 5) is 0. The van der Waals surface area contributed by atoms with Gasteiger partial charge in [0.15, 0.2) is 0 Å². The first-order chi connectivity index (χ1) is 7.98. The van der Waals surface area contributed by atoms with Crippen molar-refractivity contribution >= 4 is 0 Å². The molecule has 0 saturated carbocycles. The van der Waals surface area contributed by atoms with Crippen molar-refractivity contribution in [2.24, 2.45) is 0 Å². The lowest BCUT2D eigenvalue weighted by molar-refractivity contribution is -0.884. The SMILES string of the molecule is Cc1cc(C[N+](C)(C)C)c(C)cc1C[N+](C)(C)C. The first kappa shape index (κ1) is 15.2. The van der Waals surface area contributed by atoms with E-state index in [2.05, 4.69) is 68.3 Å². The highest BCUT2D eigenvalue weighted by molar-refractivity contribution is 5.36. The lowest BCUT2D eigenvalue weighted by Gasteiger charge is -2.27. The van der Waals surface area contributed by atoms with Gasteiger partial charge in [-0.3, -0.25) is 0 Å². The van der Waals surface area contributed by atoms with Crippen LogP contribution >= 0.6 is 0 Å². The molecule has 0 radical (unpaired) electrons.